The number of nitrogens with zero attached hydrogens (tertiary/aromatic N) is 1. The van der Waals surface area contributed by atoms with Crippen LogP contribution in [0.4, 0.5) is 30.7 Å². The Labute approximate surface area is 139 Å². The molecule has 0 saturated carbocycles. The molecule has 1 N–H and O–H groups in total. The van der Waals surface area contributed by atoms with Gasteiger partial charge in [-0.2, -0.15) is 35.8 Å². The molecular formula is C15H15F7N2O. The highest BCUT2D eigenvalue weighted by molar-refractivity contribution is 5.80. The number of halogens is 7. The van der Waals surface area contributed by atoms with Crippen LogP contribution in [0.3, 0.4) is 0 Å². The highest BCUT2D eigenvalue weighted by atomic mass is 19.4. The molecule has 0 aliphatic rings. The standard InChI is InChI=1S/C15H15F7N2O/c1-3-5-11-8-10(6-7-12(11)25-4-2)9-23-24-15(21,22)13(16,17)14(18,19)20/h3,6-9,24H,1,4-5H2,2H3/b23-9+. The van der Waals surface area contributed by atoms with Crippen LogP contribution in [0.15, 0.2) is 36.0 Å². The molecule has 0 spiro atoms. The van der Waals surface area contributed by atoms with Gasteiger partial charge >= 0.3 is 18.1 Å². The van der Waals surface area contributed by atoms with Gasteiger partial charge in [-0.15, -0.1) is 6.58 Å². The third-order valence-corrected chi connectivity index (χ3v) is 2.92. The molecule has 0 radical (unpaired) electrons. The highest BCUT2D eigenvalue weighted by Gasteiger charge is 2.73. The van der Waals surface area contributed by atoms with E-state index in [1.54, 1.807) is 13.0 Å². The summed E-state index contributed by atoms with van der Waals surface area (Å²) in [7, 11) is 0. The number of ether oxygens (including phenoxy) is 1. The van der Waals surface area contributed by atoms with Crippen LogP contribution in [0.5, 0.6) is 5.75 Å². The van der Waals surface area contributed by atoms with E-state index in [-0.39, 0.29) is 5.56 Å². The second kappa shape index (κ2) is 7.75. The number of rotatable bonds is 8. The SMILES string of the molecule is C=CCc1cc(/C=N/NC(F)(F)C(F)(F)C(F)(F)F)ccc1OCC. The summed E-state index contributed by atoms with van der Waals surface area (Å²) < 4.78 is 92.8. The lowest BCUT2D eigenvalue weighted by atomic mass is 10.1. The lowest BCUT2D eigenvalue weighted by Gasteiger charge is -2.27. The molecule has 0 amide bonds. The molecule has 1 aromatic rings. The van der Waals surface area contributed by atoms with Crippen molar-refractivity contribution >= 4 is 6.21 Å². The number of hydrazone groups is 1. The van der Waals surface area contributed by atoms with E-state index in [0.717, 1.165) is 0 Å². The van der Waals surface area contributed by atoms with Gasteiger partial charge in [-0.1, -0.05) is 6.08 Å². The predicted molar refractivity (Wildman–Crippen MR) is 78.2 cm³/mol. The number of benzene rings is 1. The molecule has 1 rings (SSSR count). The average molecular weight is 372 g/mol. The number of alkyl halides is 7. The van der Waals surface area contributed by atoms with Gasteiger partial charge in [0.1, 0.15) is 5.75 Å². The third kappa shape index (κ3) is 4.86. The van der Waals surface area contributed by atoms with Crippen LogP contribution in [-0.4, -0.2) is 31.0 Å². The van der Waals surface area contributed by atoms with Gasteiger partial charge in [-0.25, -0.2) is 5.43 Å². The van der Waals surface area contributed by atoms with Gasteiger partial charge < -0.3 is 4.74 Å². The van der Waals surface area contributed by atoms with Gasteiger partial charge in [0, 0.05) is 0 Å². The van der Waals surface area contributed by atoms with Gasteiger partial charge in [0.2, 0.25) is 0 Å². The molecule has 0 saturated heterocycles. The Morgan fingerprint density at radius 3 is 2.32 bits per heavy atom. The third-order valence-electron chi connectivity index (χ3n) is 2.92. The first-order chi connectivity index (χ1) is 11.5. The van der Waals surface area contributed by atoms with Gasteiger partial charge in [-0.3, -0.25) is 0 Å². The maximum atomic E-state index is 13.0. The molecule has 0 unspecified atom stereocenters. The number of nitrogens with one attached hydrogen (secondary N) is 1. The molecule has 0 bridgehead atoms. The first kappa shape index (κ1) is 20.8. The zero-order valence-electron chi connectivity index (χ0n) is 13.0. The average Bonchev–Trinajstić information content (AvgIpc) is 2.48. The molecule has 3 nitrogen and oxygen atoms in total. The van der Waals surface area contributed by atoms with Crippen molar-refractivity contribution in [1.82, 2.24) is 5.43 Å². The molecule has 10 heteroatoms. The van der Waals surface area contributed by atoms with E-state index in [4.69, 9.17) is 4.74 Å². The Morgan fingerprint density at radius 1 is 1.16 bits per heavy atom. The zero-order chi connectivity index (χ0) is 19.3. The van der Waals surface area contributed by atoms with E-state index in [1.807, 2.05) is 0 Å². The topological polar surface area (TPSA) is 33.6 Å². The molecule has 0 aliphatic carbocycles. The normalized spacial score (nSPS) is 13.1. The van der Waals surface area contributed by atoms with Crippen molar-refractivity contribution in [3.8, 4) is 5.75 Å². The zero-order valence-corrected chi connectivity index (χ0v) is 13.0. The smallest absolute Gasteiger partial charge is 0.462 e. The molecular weight excluding hydrogens is 357 g/mol. The fourth-order valence-corrected chi connectivity index (χ4v) is 1.73. The summed E-state index contributed by atoms with van der Waals surface area (Å²) in [5, 5.41) is 2.80. The molecule has 0 aromatic heterocycles. The summed E-state index contributed by atoms with van der Waals surface area (Å²) in [6.45, 7) is 5.66. The maximum Gasteiger partial charge on any atom is 0.462 e. The Morgan fingerprint density at radius 2 is 1.80 bits per heavy atom. The van der Waals surface area contributed by atoms with E-state index in [1.165, 1.54) is 18.2 Å². The van der Waals surface area contributed by atoms with Gasteiger partial charge in [0.25, 0.3) is 0 Å². The summed E-state index contributed by atoms with van der Waals surface area (Å²) in [5.74, 6) is -5.77. The van der Waals surface area contributed by atoms with Crippen LogP contribution in [0.2, 0.25) is 0 Å². The fourth-order valence-electron chi connectivity index (χ4n) is 1.73. The summed E-state index contributed by atoms with van der Waals surface area (Å²) >= 11 is 0. The summed E-state index contributed by atoms with van der Waals surface area (Å²) in [4.78, 5) is 0. The molecule has 0 atom stereocenters. The maximum absolute atomic E-state index is 13.0. The first-order valence-corrected chi connectivity index (χ1v) is 6.95. The van der Waals surface area contributed by atoms with Crippen LogP contribution in [-0.2, 0) is 6.42 Å². The van der Waals surface area contributed by atoms with E-state index in [0.29, 0.717) is 36.0 Å². The summed E-state index contributed by atoms with van der Waals surface area (Å²) in [6.07, 6.45) is -3.81. The lowest BCUT2D eigenvalue weighted by molar-refractivity contribution is -0.361. The van der Waals surface area contributed by atoms with E-state index in [2.05, 4.69) is 11.7 Å². The summed E-state index contributed by atoms with van der Waals surface area (Å²) in [6, 6.07) is -1.27. The van der Waals surface area contributed by atoms with E-state index < -0.39 is 18.1 Å². The number of hydrogen-bond donors (Lipinski definition) is 1. The Balaban J connectivity index is 2.95. The number of hydrogen-bond acceptors (Lipinski definition) is 3. The Hall–Kier alpha value is -2.26. The van der Waals surface area contributed by atoms with Gasteiger partial charge in [0.15, 0.2) is 0 Å². The van der Waals surface area contributed by atoms with Crippen molar-refractivity contribution in [2.75, 3.05) is 6.61 Å². The van der Waals surface area contributed by atoms with Gasteiger partial charge in [-0.05, 0) is 42.7 Å². The molecule has 1 aromatic carbocycles. The van der Waals surface area contributed by atoms with Crippen LogP contribution < -0.4 is 10.2 Å². The van der Waals surface area contributed by atoms with Crippen LogP contribution in [0, 0.1) is 0 Å². The minimum Gasteiger partial charge on any atom is -0.494 e. The van der Waals surface area contributed by atoms with Crippen molar-refractivity contribution in [2.24, 2.45) is 5.10 Å². The monoisotopic (exact) mass is 372 g/mol. The summed E-state index contributed by atoms with van der Waals surface area (Å²) in [5.41, 5.74) is 1.37. The van der Waals surface area contributed by atoms with Crippen LogP contribution >= 0.6 is 0 Å². The fraction of sp³-hybridized carbons (Fsp3) is 0.400. The van der Waals surface area contributed by atoms with Crippen molar-refractivity contribution in [3.63, 3.8) is 0 Å². The quantitative estimate of drug-likeness (QED) is 0.239. The molecule has 0 heterocycles. The molecule has 25 heavy (non-hydrogen) atoms. The predicted octanol–water partition coefficient (Wildman–Crippen LogP) is 4.53. The molecule has 0 fully saturated rings. The van der Waals surface area contributed by atoms with Crippen molar-refractivity contribution < 1.29 is 35.5 Å². The Bertz CT molecular complexity index is 627. The lowest BCUT2D eigenvalue weighted by Crippen LogP contribution is -2.58. The minimum absolute atomic E-state index is 0.193. The van der Waals surface area contributed by atoms with Crippen molar-refractivity contribution in [3.05, 3.63) is 42.0 Å². The second-order valence-electron chi connectivity index (χ2n) is 4.81. The van der Waals surface area contributed by atoms with E-state index >= 15 is 0 Å². The first-order valence-electron chi connectivity index (χ1n) is 6.95. The van der Waals surface area contributed by atoms with E-state index in [9.17, 15) is 30.7 Å². The van der Waals surface area contributed by atoms with Crippen LogP contribution in [0.25, 0.3) is 0 Å². The largest absolute Gasteiger partial charge is 0.494 e. The van der Waals surface area contributed by atoms with Crippen LogP contribution in [0.1, 0.15) is 18.1 Å². The Kier molecular flexibility index (Phi) is 6.44. The molecule has 0 aliphatic heterocycles. The van der Waals surface area contributed by atoms with Gasteiger partial charge in [0.05, 0.1) is 12.8 Å². The second-order valence-corrected chi connectivity index (χ2v) is 4.81. The number of allylic oxidation sites excluding steroid dienone is 1. The van der Waals surface area contributed by atoms with Crippen molar-refractivity contribution in [1.29, 1.82) is 0 Å². The van der Waals surface area contributed by atoms with Crippen molar-refractivity contribution in [2.45, 2.75) is 31.5 Å². The molecule has 140 valence electrons. The highest BCUT2D eigenvalue weighted by Crippen LogP contribution is 2.44. The minimum atomic E-state index is -6.42.